The van der Waals surface area contributed by atoms with Gasteiger partial charge in [-0.1, -0.05) is 44.2 Å². The lowest BCUT2D eigenvalue weighted by atomic mass is 10.1. The number of aryl methyl sites for hydroxylation is 2. The van der Waals surface area contributed by atoms with Crippen molar-refractivity contribution < 1.29 is 13.2 Å². The van der Waals surface area contributed by atoms with Crippen LogP contribution in [0, 0.1) is 0 Å². The molecule has 0 aliphatic carbocycles. The first kappa shape index (κ1) is 20.1. The Labute approximate surface area is 156 Å². The summed E-state index contributed by atoms with van der Waals surface area (Å²) in [7, 11) is -3.59. The van der Waals surface area contributed by atoms with Crippen molar-refractivity contribution in [3.8, 4) is 0 Å². The van der Waals surface area contributed by atoms with Gasteiger partial charge in [0.2, 0.25) is 15.9 Å². The average Bonchev–Trinajstić information content (AvgIpc) is 2.65. The van der Waals surface area contributed by atoms with Crippen LogP contribution in [0.15, 0.2) is 53.4 Å². The summed E-state index contributed by atoms with van der Waals surface area (Å²) in [5.41, 5.74) is 2.97. The number of rotatable bonds is 8. The molecule has 0 heterocycles. The zero-order chi connectivity index (χ0) is 19.2. The minimum Gasteiger partial charge on any atom is -0.311 e. The highest BCUT2D eigenvalue weighted by Crippen LogP contribution is 2.21. The summed E-state index contributed by atoms with van der Waals surface area (Å²) in [6, 6.07) is 14.5. The first-order chi connectivity index (χ1) is 12.4. The molecule has 0 unspecified atom stereocenters. The topological polar surface area (TPSA) is 66.5 Å². The number of nitrogens with zero attached hydrogens (tertiary/aromatic N) is 1. The fourth-order valence-corrected chi connectivity index (χ4v) is 3.82. The van der Waals surface area contributed by atoms with Crippen LogP contribution in [0.2, 0.25) is 0 Å². The third-order valence-corrected chi connectivity index (χ3v) is 5.79. The lowest BCUT2D eigenvalue weighted by Crippen LogP contribution is -2.38. The molecule has 140 valence electrons. The van der Waals surface area contributed by atoms with E-state index in [1.165, 1.54) is 6.92 Å². The number of nitrogens with one attached hydrogen (secondary N) is 1. The summed E-state index contributed by atoms with van der Waals surface area (Å²) in [6.45, 7) is 5.96. The van der Waals surface area contributed by atoms with Gasteiger partial charge < -0.3 is 4.90 Å². The molecule has 1 N–H and O–H groups in total. The van der Waals surface area contributed by atoms with Crippen LogP contribution in [0.5, 0.6) is 0 Å². The molecular formula is C20H26N2O3S. The molecule has 0 saturated carbocycles. The van der Waals surface area contributed by atoms with Crippen LogP contribution >= 0.6 is 0 Å². The Morgan fingerprint density at radius 2 is 1.65 bits per heavy atom. The molecule has 0 aromatic heterocycles. The second-order valence-electron chi connectivity index (χ2n) is 6.05. The molecule has 2 aromatic rings. The Kier molecular flexibility index (Phi) is 6.94. The van der Waals surface area contributed by atoms with Crippen LogP contribution in [0.3, 0.4) is 0 Å². The molecule has 6 heteroatoms. The SMILES string of the molecule is CCc1ccc(S(=O)(=O)NCCN(C(C)=O)c2ccccc2CC)cc1. The molecule has 1 amide bonds. The molecule has 2 rings (SSSR count). The van der Waals surface area contributed by atoms with Gasteiger partial charge in [-0.05, 0) is 42.2 Å². The third-order valence-electron chi connectivity index (χ3n) is 4.31. The largest absolute Gasteiger partial charge is 0.311 e. The van der Waals surface area contributed by atoms with Gasteiger partial charge in [-0.3, -0.25) is 4.79 Å². The van der Waals surface area contributed by atoms with Gasteiger partial charge in [-0.2, -0.15) is 0 Å². The maximum absolute atomic E-state index is 12.4. The van der Waals surface area contributed by atoms with Crippen LogP contribution in [0.4, 0.5) is 5.69 Å². The van der Waals surface area contributed by atoms with Gasteiger partial charge in [0.05, 0.1) is 4.90 Å². The summed E-state index contributed by atoms with van der Waals surface area (Å²) in [5, 5.41) is 0. The van der Waals surface area contributed by atoms with Crippen molar-refractivity contribution in [2.24, 2.45) is 0 Å². The highest BCUT2D eigenvalue weighted by atomic mass is 32.2. The third kappa shape index (κ3) is 4.93. The lowest BCUT2D eigenvalue weighted by molar-refractivity contribution is -0.116. The van der Waals surface area contributed by atoms with E-state index >= 15 is 0 Å². The molecule has 0 aliphatic rings. The number of carbonyl (C=O) groups excluding carboxylic acids is 1. The van der Waals surface area contributed by atoms with Crippen molar-refractivity contribution in [1.29, 1.82) is 0 Å². The zero-order valence-electron chi connectivity index (χ0n) is 15.5. The quantitative estimate of drug-likeness (QED) is 0.772. The fraction of sp³-hybridized carbons (Fsp3) is 0.350. The summed E-state index contributed by atoms with van der Waals surface area (Å²) < 4.78 is 27.4. The maximum atomic E-state index is 12.4. The Hall–Kier alpha value is -2.18. The summed E-state index contributed by atoms with van der Waals surface area (Å²) in [6.07, 6.45) is 1.66. The maximum Gasteiger partial charge on any atom is 0.240 e. The molecule has 0 fully saturated rings. The Morgan fingerprint density at radius 3 is 2.23 bits per heavy atom. The van der Waals surface area contributed by atoms with E-state index in [9.17, 15) is 13.2 Å². The molecule has 0 aliphatic heterocycles. The predicted molar refractivity (Wildman–Crippen MR) is 105 cm³/mol. The van der Waals surface area contributed by atoms with E-state index in [2.05, 4.69) is 4.72 Å². The monoisotopic (exact) mass is 374 g/mol. The molecule has 0 radical (unpaired) electrons. The summed E-state index contributed by atoms with van der Waals surface area (Å²) >= 11 is 0. The molecule has 5 nitrogen and oxygen atoms in total. The first-order valence-electron chi connectivity index (χ1n) is 8.83. The number of amides is 1. The van der Waals surface area contributed by atoms with Gasteiger partial charge >= 0.3 is 0 Å². The number of sulfonamides is 1. The minimum absolute atomic E-state index is 0.114. The van der Waals surface area contributed by atoms with Gasteiger partial charge in [-0.25, -0.2) is 13.1 Å². The van der Waals surface area contributed by atoms with E-state index in [1.54, 1.807) is 17.0 Å². The van der Waals surface area contributed by atoms with Gasteiger partial charge in [0.25, 0.3) is 0 Å². The minimum atomic E-state index is -3.59. The summed E-state index contributed by atoms with van der Waals surface area (Å²) in [4.78, 5) is 13.9. The Balaban J connectivity index is 2.08. The Morgan fingerprint density at radius 1 is 1.00 bits per heavy atom. The highest BCUT2D eigenvalue weighted by molar-refractivity contribution is 7.89. The normalized spacial score (nSPS) is 11.3. The van der Waals surface area contributed by atoms with E-state index in [-0.39, 0.29) is 23.9 Å². The van der Waals surface area contributed by atoms with Crippen LogP contribution < -0.4 is 9.62 Å². The van der Waals surface area contributed by atoms with Crippen LogP contribution in [0.1, 0.15) is 31.9 Å². The van der Waals surface area contributed by atoms with Crippen LogP contribution in [-0.4, -0.2) is 27.4 Å². The number of anilines is 1. The van der Waals surface area contributed by atoms with Crippen LogP contribution in [0.25, 0.3) is 0 Å². The number of carbonyl (C=O) groups is 1. The zero-order valence-corrected chi connectivity index (χ0v) is 16.3. The smallest absolute Gasteiger partial charge is 0.240 e. The fourth-order valence-electron chi connectivity index (χ4n) is 2.80. The standard InChI is InChI=1S/C20H26N2O3S/c1-4-17-10-12-19(13-11-17)26(24,25)21-14-15-22(16(3)23)20-9-7-6-8-18(20)5-2/h6-13,21H,4-5,14-15H2,1-3H3. The van der Waals surface area contributed by atoms with Crippen molar-refractivity contribution >= 4 is 21.6 Å². The van der Waals surface area contributed by atoms with E-state index in [0.29, 0.717) is 0 Å². The lowest BCUT2D eigenvalue weighted by Gasteiger charge is -2.24. The van der Waals surface area contributed by atoms with E-state index < -0.39 is 10.0 Å². The van der Waals surface area contributed by atoms with Crippen molar-refractivity contribution in [2.45, 2.75) is 38.5 Å². The molecule has 0 spiro atoms. The molecule has 0 atom stereocenters. The number of para-hydroxylation sites is 1. The van der Waals surface area contributed by atoms with Gasteiger partial charge in [0, 0.05) is 25.7 Å². The van der Waals surface area contributed by atoms with E-state index in [4.69, 9.17) is 0 Å². The Bertz CT molecular complexity index is 846. The molecule has 0 bridgehead atoms. The molecular weight excluding hydrogens is 348 g/mol. The second kappa shape index (κ2) is 8.96. The van der Waals surface area contributed by atoms with Crippen molar-refractivity contribution in [1.82, 2.24) is 4.72 Å². The van der Waals surface area contributed by atoms with Gasteiger partial charge in [0.15, 0.2) is 0 Å². The summed E-state index contributed by atoms with van der Waals surface area (Å²) in [5.74, 6) is -0.114. The van der Waals surface area contributed by atoms with Gasteiger partial charge in [0.1, 0.15) is 0 Å². The first-order valence-corrected chi connectivity index (χ1v) is 10.3. The van der Waals surface area contributed by atoms with Gasteiger partial charge in [-0.15, -0.1) is 0 Å². The second-order valence-corrected chi connectivity index (χ2v) is 7.82. The number of hydrogen-bond acceptors (Lipinski definition) is 3. The molecule has 0 saturated heterocycles. The highest BCUT2D eigenvalue weighted by Gasteiger charge is 2.17. The molecule has 2 aromatic carbocycles. The predicted octanol–water partition coefficient (Wildman–Crippen LogP) is 3.14. The molecule has 26 heavy (non-hydrogen) atoms. The number of hydrogen-bond donors (Lipinski definition) is 1. The number of benzene rings is 2. The van der Waals surface area contributed by atoms with E-state index in [1.807, 2.05) is 50.2 Å². The average molecular weight is 375 g/mol. The van der Waals surface area contributed by atoms with Crippen molar-refractivity contribution in [3.05, 3.63) is 59.7 Å². The van der Waals surface area contributed by atoms with Crippen molar-refractivity contribution in [2.75, 3.05) is 18.0 Å². The van der Waals surface area contributed by atoms with Crippen molar-refractivity contribution in [3.63, 3.8) is 0 Å². The van der Waals surface area contributed by atoms with E-state index in [0.717, 1.165) is 29.7 Å². The van der Waals surface area contributed by atoms with Crippen LogP contribution in [-0.2, 0) is 27.7 Å².